The van der Waals surface area contributed by atoms with Crippen LogP contribution in [0, 0.1) is 11.3 Å². The summed E-state index contributed by atoms with van der Waals surface area (Å²) in [5.74, 6) is -1.97. The first kappa shape index (κ1) is 44.6. The molecular weight excluding hydrogens is 854 g/mol. The number of benzene rings is 2. The van der Waals surface area contributed by atoms with Crippen molar-refractivity contribution in [3.63, 3.8) is 0 Å². The molecule has 4 aromatic rings. The highest BCUT2D eigenvalue weighted by atomic mass is 35.5. The molecule has 3 heterocycles. The van der Waals surface area contributed by atoms with Crippen LogP contribution in [0.4, 0.5) is 4.79 Å². The van der Waals surface area contributed by atoms with E-state index in [-0.39, 0.29) is 33.0 Å². The molecule has 60 heavy (non-hydrogen) atoms. The Bertz CT molecular complexity index is 2430. The van der Waals surface area contributed by atoms with Crippen LogP contribution in [0.5, 0.6) is 11.5 Å². The van der Waals surface area contributed by atoms with Crippen LogP contribution in [0.3, 0.4) is 0 Å². The van der Waals surface area contributed by atoms with Gasteiger partial charge in [0.1, 0.15) is 49.4 Å². The van der Waals surface area contributed by atoms with Gasteiger partial charge in [-0.15, -0.1) is 17.9 Å². The number of pyridine rings is 1. The van der Waals surface area contributed by atoms with Gasteiger partial charge in [0.25, 0.3) is 15.9 Å². The standard InChI is InChI=1S/C42H47Cl2N5O9S2/c1-9-24-21-42(24,38(52)48-60(54,55)33-19-28(43)35(44)59-33)47-36(50)31-18-26(22-49(31)37(51)34(40(2,3)4)46-39(53)58-41(5,6)7)57-32-20-29(23-13-11-10-12-14-23)45-30-17-25(56-8)15-16-27(30)32/h9-17,19-20,24,26,31,34H,1,18,21-22H2,2-8H3,(H,46,53)(H,47,50)(H,48,52). The van der Waals surface area contributed by atoms with Gasteiger partial charge in [-0.3, -0.25) is 14.4 Å². The van der Waals surface area contributed by atoms with Crippen LogP contribution in [0.25, 0.3) is 22.2 Å². The highest BCUT2D eigenvalue weighted by Crippen LogP contribution is 2.46. The second-order valence-electron chi connectivity index (χ2n) is 16.8. The van der Waals surface area contributed by atoms with E-state index in [9.17, 15) is 27.6 Å². The molecule has 2 fully saturated rings. The molecule has 1 aliphatic carbocycles. The number of hydrogen-bond acceptors (Lipinski definition) is 11. The molecule has 18 heteroatoms. The summed E-state index contributed by atoms with van der Waals surface area (Å²) >= 11 is 12.7. The first-order valence-corrected chi connectivity index (χ1v) is 22.1. The molecule has 5 unspecified atom stereocenters. The van der Waals surface area contributed by atoms with Gasteiger partial charge in [0.2, 0.25) is 11.8 Å². The van der Waals surface area contributed by atoms with Crippen molar-refractivity contribution in [1.82, 2.24) is 25.2 Å². The lowest BCUT2D eigenvalue weighted by molar-refractivity contribution is -0.143. The maximum absolute atomic E-state index is 14.7. The third kappa shape index (κ3) is 9.67. The van der Waals surface area contributed by atoms with Crippen molar-refractivity contribution in [2.75, 3.05) is 13.7 Å². The number of rotatable bonds is 12. The molecule has 14 nitrogen and oxygen atoms in total. The summed E-state index contributed by atoms with van der Waals surface area (Å²) in [6.07, 6.45) is -0.162. The number of carbonyl (C=O) groups excluding carboxylic acids is 4. The van der Waals surface area contributed by atoms with E-state index < -0.39 is 74.5 Å². The maximum Gasteiger partial charge on any atom is 0.408 e. The minimum absolute atomic E-state index is 0.00107. The number of thiophene rings is 1. The minimum Gasteiger partial charge on any atom is -0.497 e. The van der Waals surface area contributed by atoms with E-state index in [4.69, 9.17) is 42.4 Å². The smallest absolute Gasteiger partial charge is 0.408 e. The number of likely N-dealkylation sites (tertiary alicyclic amines) is 1. The Labute approximate surface area is 363 Å². The van der Waals surface area contributed by atoms with Crippen LogP contribution in [0.15, 0.2) is 77.5 Å². The molecular formula is C42H47Cl2N5O9S2. The summed E-state index contributed by atoms with van der Waals surface area (Å²) in [5, 5.41) is 6.13. The Morgan fingerprint density at radius 2 is 1.73 bits per heavy atom. The number of halogens is 2. The van der Waals surface area contributed by atoms with E-state index >= 15 is 0 Å². The molecule has 1 aliphatic heterocycles. The van der Waals surface area contributed by atoms with Crippen LogP contribution in [0.1, 0.15) is 54.4 Å². The Kier molecular flexibility index (Phi) is 12.6. The van der Waals surface area contributed by atoms with Crippen molar-refractivity contribution in [2.24, 2.45) is 11.3 Å². The van der Waals surface area contributed by atoms with Crippen LogP contribution in [-0.4, -0.2) is 85.1 Å². The quantitative estimate of drug-likeness (QED) is 0.124. The summed E-state index contributed by atoms with van der Waals surface area (Å²) in [5.41, 5.74) is -1.43. The van der Waals surface area contributed by atoms with E-state index in [0.717, 1.165) is 11.6 Å². The second-order valence-corrected chi connectivity index (χ2v) is 20.8. The van der Waals surface area contributed by atoms with Crippen molar-refractivity contribution < 1.29 is 41.8 Å². The Morgan fingerprint density at radius 3 is 2.32 bits per heavy atom. The van der Waals surface area contributed by atoms with Crippen molar-refractivity contribution in [2.45, 2.75) is 87.9 Å². The number of fused-ring (bicyclic) bond motifs is 1. The molecule has 2 aliphatic rings. The zero-order valence-corrected chi connectivity index (χ0v) is 37.3. The highest BCUT2D eigenvalue weighted by Gasteiger charge is 2.61. The molecule has 2 aromatic heterocycles. The van der Waals surface area contributed by atoms with Gasteiger partial charge < -0.3 is 29.7 Å². The topological polar surface area (TPSA) is 182 Å². The van der Waals surface area contributed by atoms with Crippen LogP contribution in [0.2, 0.25) is 9.36 Å². The lowest BCUT2D eigenvalue weighted by Crippen LogP contribution is -2.60. The number of amides is 4. The number of alkyl carbamates (subject to hydrolysis) is 1. The van der Waals surface area contributed by atoms with Crippen LogP contribution < -0.4 is 24.8 Å². The van der Waals surface area contributed by atoms with Crippen molar-refractivity contribution >= 4 is 79.3 Å². The fourth-order valence-electron chi connectivity index (χ4n) is 7.01. The normalized spacial score (nSPS) is 20.8. The fraction of sp³-hybridized carbons (Fsp3) is 0.405. The average Bonchev–Trinajstić information content (AvgIpc) is 3.54. The molecule has 1 saturated heterocycles. The molecule has 6 rings (SSSR count). The third-order valence-corrected chi connectivity index (χ3v) is 13.8. The largest absolute Gasteiger partial charge is 0.497 e. The number of methoxy groups -OCH3 is 1. The molecule has 5 atom stereocenters. The Morgan fingerprint density at radius 1 is 1.03 bits per heavy atom. The monoisotopic (exact) mass is 899 g/mol. The summed E-state index contributed by atoms with van der Waals surface area (Å²) in [4.78, 5) is 62.5. The van der Waals surface area contributed by atoms with Gasteiger partial charge in [-0.2, -0.15) is 0 Å². The fourth-order valence-corrected chi connectivity index (χ4v) is 9.93. The lowest BCUT2D eigenvalue weighted by Gasteiger charge is -2.36. The summed E-state index contributed by atoms with van der Waals surface area (Å²) in [7, 11) is -2.89. The van der Waals surface area contributed by atoms with Gasteiger partial charge in [0.05, 0.1) is 29.9 Å². The molecule has 1 saturated carbocycles. The van der Waals surface area contributed by atoms with Crippen molar-refractivity contribution in [1.29, 1.82) is 0 Å². The number of ether oxygens (including phenoxy) is 3. The predicted octanol–water partition coefficient (Wildman–Crippen LogP) is 7.13. The second kappa shape index (κ2) is 16.9. The van der Waals surface area contributed by atoms with Gasteiger partial charge in [0, 0.05) is 35.4 Å². The summed E-state index contributed by atoms with van der Waals surface area (Å²) < 4.78 is 46.0. The first-order chi connectivity index (χ1) is 28.0. The minimum atomic E-state index is -4.44. The number of nitrogens with one attached hydrogen (secondary N) is 3. The van der Waals surface area contributed by atoms with Crippen LogP contribution in [-0.2, 0) is 29.1 Å². The zero-order valence-electron chi connectivity index (χ0n) is 34.1. The van der Waals surface area contributed by atoms with E-state index in [1.54, 1.807) is 66.9 Å². The average molecular weight is 901 g/mol. The van der Waals surface area contributed by atoms with E-state index in [1.165, 1.54) is 11.0 Å². The summed E-state index contributed by atoms with van der Waals surface area (Å²) in [6.45, 7) is 14.1. The molecule has 0 radical (unpaired) electrons. The Hall–Kier alpha value is -4.90. The van der Waals surface area contributed by atoms with Gasteiger partial charge >= 0.3 is 6.09 Å². The molecule has 4 amide bonds. The predicted molar refractivity (Wildman–Crippen MR) is 230 cm³/mol. The van der Waals surface area contributed by atoms with Gasteiger partial charge in [-0.25, -0.2) is 22.9 Å². The van der Waals surface area contributed by atoms with Crippen molar-refractivity contribution in [3.05, 3.63) is 82.7 Å². The van der Waals surface area contributed by atoms with Gasteiger partial charge in [-0.1, -0.05) is 80.4 Å². The van der Waals surface area contributed by atoms with E-state index in [1.807, 2.05) is 36.4 Å². The molecule has 3 N–H and O–H groups in total. The number of hydrogen-bond donors (Lipinski definition) is 3. The highest BCUT2D eigenvalue weighted by molar-refractivity contribution is 7.92. The molecule has 2 aromatic carbocycles. The summed E-state index contributed by atoms with van der Waals surface area (Å²) in [6, 6.07) is 15.4. The Balaban J connectivity index is 1.35. The SMILES string of the molecule is C=CC1CC1(NC(=O)C1CC(Oc2cc(-c3ccccc3)nc3cc(OC)ccc23)CN1C(=O)C(NC(=O)OC(C)(C)C)C(C)(C)C)C(=O)NS(=O)(=O)c1cc(Cl)c(Cl)s1. The van der Waals surface area contributed by atoms with Crippen LogP contribution >= 0.6 is 34.5 Å². The number of carbonyl (C=O) groups is 4. The van der Waals surface area contributed by atoms with Crippen molar-refractivity contribution in [3.8, 4) is 22.8 Å². The van der Waals surface area contributed by atoms with E-state index in [0.29, 0.717) is 39.4 Å². The maximum atomic E-state index is 14.7. The van der Waals surface area contributed by atoms with E-state index in [2.05, 4.69) is 21.9 Å². The lowest BCUT2D eigenvalue weighted by atomic mass is 9.85. The molecule has 0 spiro atoms. The molecule has 0 bridgehead atoms. The first-order valence-electron chi connectivity index (χ1n) is 19.0. The van der Waals surface area contributed by atoms with Gasteiger partial charge in [0.15, 0.2) is 0 Å². The third-order valence-electron chi connectivity index (χ3n) is 10.1. The number of sulfonamides is 1. The molecule has 320 valence electrons. The zero-order chi connectivity index (χ0) is 43.9. The van der Waals surface area contributed by atoms with Gasteiger partial charge in [-0.05, 0) is 50.8 Å². The number of aromatic nitrogens is 1. The number of nitrogens with zero attached hydrogens (tertiary/aromatic N) is 2.